The van der Waals surface area contributed by atoms with Gasteiger partial charge in [-0.15, -0.1) is 3.98 Å². The Labute approximate surface area is 350 Å². The van der Waals surface area contributed by atoms with Crippen LogP contribution in [0.5, 0.6) is 0 Å². The summed E-state index contributed by atoms with van der Waals surface area (Å²) in [5, 5.41) is 0. The number of rotatable bonds is 14. The molecule has 1 fully saturated rings. The predicted octanol–water partition coefficient (Wildman–Crippen LogP) is 8.11. The molecule has 3 aromatic carbocycles. The normalized spacial score (nSPS) is 21.2. The topological polar surface area (TPSA) is 152 Å². The van der Waals surface area contributed by atoms with Crippen molar-refractivity contribution in [3.8, 4) is 0 Å². The van der Waals surface area contributed by atoms with Gasteiger partial charge in [0.1, 0.15) is 4.90 Å². The van der Waals surface area contributed by atoms with Crippen LogP contribution in [-0.4, -0.2) is 75.7 Å². The Balaban J connectivity index is 1.44. The van der Waals surface area contributed by atoms with E-state index in [4.69, 9.17) is 0 Å². The summed E-state index contributed by atoms with van der Waals surface area (Å²) >= 11 is 0. The van der Waals surface area contributed by atoms with E-state index in [0.717, 1.165) is 50.6 Å². The van der Waals surface area contributed by atoms with Crippen molar-refractivity contribution in [1.82, 2.24) is 0 Å². The first-order valence-corrected chi connectivity index (χ1v) is 24.7. The van der Waals surface area contributed by atoms with Crippen molar-refractivity contribution in [3.63, 3.8) is 0 Å². The van der Waals surface area contributed by atoms with Gasteiger partial charge in [0.2, 0.25) is 5.71 Å². The molecule has 0 amide bonds. The first kappa shape index (κ1) is 44.2. The molecule has 59 heavy (non-hydrogen) atoms. The van der Waals surface area contributed by atoms with Crippen molar-refractivity contribution in [3.05, 3.63) is 136 Å². The average molecular weight is 863 g/mol. The summed E-state index contributed by atoms with van der Waals surface area (Å²) in [6, 6.07) is 23.1. The van der Waals surface area contributed by atoms with Gasteiger partial charge in [0.25, 0.3) is 20.2 Å². The molecule has 0 spiro atoms. The largest absolute Gasteiger partial charge is 0.395 e. The van der Waals surface area contributed by atoms with E-state index in [1.54, 1.807) is 31.3 Å². The third-order valence-electron chi connectivity index (χ3n) is 11.8. The zero-order valence-electron chi connectivity index (χ0n) is 34.7. The summed E-state index contributed by atoms with van der Waals surface area (Å²) in [4.78, 5) is 4.58. The van der Waals surface area contributed by atoms with Crippen LogP contribution in [0.2, 0.25) is 0 Å². The third-order valence-corrected chi connectivity index (χ3v) is 15.2. The molecule has 1 aliphatic carbocycles. The fraction of sp³-hybridized carbons (Fsp3) is 0.400. The van der Waals surface area contributed by atoms with Crippen LogP contribution in [0.4, 0.5) is 11.4 Å². The maximum absolute atomic E-state index is 14.4. The van der Waals surface area contributed by atoms with Gasteiger partial charge in [-0.05, 0) is 93.0 Å². The van der Waals surface area contributed by atoms with E-state index in [1.807, 2.05) is 43.3 Å². The predicted molar refractivity (Wildman–Crippen MR) is 236 cm³/mol. The highest BCUT2D eigenvalue weighted by molar-refractivity contribution is 7.86. The summed E-state index contributed by atoms with van der Waals surface area (Å²) in [6.45, 7) is 11.6. The van der Waals surface area contributed by atoms with E-state index in [0.29, 0.717) is 57.3 Å². The molecule has 11 nitrogen and oxygen atoms in total. The molecule has 2 heterocycles. The molecule has 2 N–H and O–H groups in total. The monoisotopic (exact) mass is 862 g/mol. The standard InChI is InChI=1S/C45H55N3O8S3/c1-33-19-25-36(26-20-33)59(55,56)46(6)43-34(23-27-41-44(2,3)37-15-7-9-17-39(37)47(41)29-11-13-31-57(49,50)51)21-22-35(43)24-28-42-45(4,5)38-16-8-10-18-40(38)48(42)30-12-14-32-58(52,53)54/h7-10,15-20,23-28H,11-14,21-22,29-32H2,1-6H3,(H-,49,50,51,52,53,54)/p+1. The van der Waals surface area contributed by atoms with Crippen LogP contribution < -0.4 is 9.80 Å². The van der Waals surface area contributed by atoms with Gasteiger partial charge in [-0.3, -0.25) is 9.11 Å². The van der Waals surface area contributed by atoms with Crippen LogP contribution in [0.1, 0.15) is 82.9 Å². The number of allylic oxidation sites excluding steroid dienone is 8. The summed E-state index contributed by atoms with van der Waals surface area (Å²) in [6.07, 6.45) is 11.0. The van der Waals surface area contributed by atoms with Gasteiger partial charge in [0, 0.05) is 57.8 Å². The van der Waals surface area contributed by atoms with E-state index < -0.39 is 41.1 Å². The van der Waals surface area contributed by atoms with Crippen molar-refractivity contribution in [2.45, 2.75) is 88.9 Å². The minimum Gasteiger partial charge on any atom is -0.344 e. The second kappa shape index (κ2) is 17.0. The number of fused-ring (bicyclic) bond motifs is 2. The quantitative estimate of drug-likeness (QED) is 0.0924. The molecule has 0 bridgehead atoms. The first-order valence-electron chi connectivity index (χ1n) is 20.0. The van der Waals surface area contributed by atoms with Crippen LogP contribution in [0.3, 0.4) is 0 Å². The van der Waals surface area contributed by atoms with Gasteiger partial charge in [0.05, 0.1) is 11.5 Å². The van der Waals surface area contributed by atoms with Gasteiger partial charge in [-0.2, -0.15) is 25.3 Å². The number of sulfonamides is 1. The molecule has 0 radical (unpaired) electrons. The number of hydrogen-bond acceptors (Lipinski definition) is 8. The maximum atomic E-state index is 14.4. The summed E-state index contributed by atoms with van der Waals surface area (Å²) < 4.78 is 94.7. The number of aryl methyl sites for hydroxylation is 1. The van der Waals surface area contributed by atoms with Crippen molar-refractivity contribution in [2.75, 3.05) is 41.4 Å². The third kappa shape index (κ3) is 9.52. The smallest absolute Gasteiger partial charge is 0.344 e. The van der Waals surface area contributed by atoms with Gasteiger partial charge >= 0.3 is 10.0 Å². The van der Waals surface area contributed by atoms with E-state index in [9.17, 15) is 34.4 Å². The van der Waals surface area contributed by atoms with Crippen molar-refractivity contribution in [2.24, 2.45) is 0 Å². The lowest BCUT2D eigenvalue weighted by atomic mass is 9.83. The summed E-state index contributed by atoms with van der Waals surface area (Å²) in [5.74, 6) is -0.620. The summed E-state index contributed by atoms with van der Waals surface area (Å²) in [5.41, 5.74) is 8.74. The number of anilines is 2. The summed E-state index contributed by atoms with van der Waals surface area (Å²) in [7, 11) is -10.5. The molecule has 0 unspecified atom stereocenters. The van der Waals surface area contributed by atoms with E-state index in [-0.39, 0.29) is 16.4 Å². The number of hydrogen-bond donors (Lipinski definition) is 2. The second-order valence-corrected chi connectivity index (χ2v) is 21.8. The lowest BCUT2D eigenvalue weighted by Crippen LogP contribution is -2.28. The molecule has 0 aromatic heterocycles. The zero-order valence-corrected chi connectivity index (χ0v) is 37.2. The molecule has 14 heteroatoms. The second-order valence-electron chi connectivity index (χ2n) is 16.7. The first-order chi connectivity index (χ1) is 27.6. The Morgan fingerprint density at radius 1 is 0.610 bits per heavy atom. The van der Waals surface area contributed by atoms with E-state index >= 15 is 0 Å². The molecule has 1 saturated carbocycles. The molecule has 6 rings (SSSR count). The maximum Gasteiger partial charge on any atom is 0.395 e. The highest BCUT2D eigenvalue weighted by Crippen LogP contribution is 2.49. The molecule has 0 atom stereocenters. The van der Waals surface area contributed by atoms with Crippen LogP contribution in [0.25, 0.3) is 0 Å². The molecule has 2 aliphatic heterocycles. The molecule has 316 valence electrons. The number of benzene rings is 3. The van der Waals surface area contributed by atoms with Crippen LogP contribution >= 0.6 is 0 Å². The highest BCUT2D eigenvalue weighted by atomic mass is 32.2. The molecule has 3 aliphatic rings. The zero-order chi connectivity index (χ0) is 43.0. The fourth-order valence-electron chi connectivity index (χ4n) is 8.66. The van der Waals surface area contributed by atoms with Crippen LogP contribution in [0.15, 0.2) is 125 Å². The number of nitrogens with zero attached hydrogens (tertiary/aromatic N) is 3. The minimum absolute atomic E-state index is 0.187. The molecular weight excluding hydrogens is 807 g/mol. The number of unbranched alkanes of at least 4 members (excludes halogenated alkanes) is 2. The molecule has 0 saturated heterocycles. The van der Waals surface area contributed by atoms with Gasteiger partial charge in [0.15, 0.2) is 7.05 Å². The van der Waals surface area contributed by atoms with E-state index in [2.05, 4.69) is 73.9 Å². The van der Waals surface area contributed by atoms with E-state index in [1.165, 1.54) is 3.98 Å². The van der Waals surface area contributed by atoms with Crippen molar-refractivity contribution in [1.29, 1.82) is 0 Å². The number of para-hydroxylation sites is 2. The Morgan fingerprint density at radius 3 is 1.42 bits per heavy atom. The highest BCUT2D eigenvalue weighted by Gasteiger charge is 2.42. The average Bonchev–Trinajstić information content (AvgIpc) is 3.73. The van der Waals surface area contributed by atoms with Crippen LogP contribution in [-0.2, 0) is 41.1 Å². The lowest BCUT2D eigenvalue weighted by Gasteiger charge is -2.27. The fourth-order valence-corrected chi connectivity index (χ4v) is 11.1. The molecule has 3 aromatic rings. The SMILES string of the molecule is Cc1ccc(S(=O)(=O)[N+](C)=C2C(=CC=C3N(CCCCS(=O)(=O)O)c4ccccc4C3(C)C)CC/C2=C\C=C2\N(CCCCS(=O)(=O)O)c3ccccc3C2(C)C)cc1. The Kier molecular flexibility index (Phi) is 12.7. The van der Waals surface area contributed by atoms with Gasteiger partial charge < -0.3 is 9.80 Å². The van der Waals surface area contributed by atoms with Crippen molar-refractivity contribution < 1.29 is 38.3 Å². The molecular formula is C45H56N3O8S3+. The Morgan fingerprint density at radius 2 is 1.02 bits per heavy atom. The Bertz CT molecular complexity index is 2460. The van der Waals surface area contributed by atoms with Gasteiger partial charge in [-0.1, -0.05) is 93.9 Å². The van der Waals surface area contributed by atoms with Crippen LogP contribution in [0, 0.1) is 6.92 Å². The lowest BCUT2D eigenvalue weighted by molar-refractivity contribution is -0.325. The Hall–Kier alpha value is -4.34. The van der Waals surface area contributed by atoms with Crippen molar-refractivity contribution >= 4 is 47.3 Å². The minimum atomic E-state index is -4.08. The van der Waals surface area contributed by atoms with Gasteiger partial charge in [-0.25, -0.2) is 0 Å².